The number of amides is 2. The number of pyridine rings is 1. The number of nitrogens with zero attached hydrogens (tertiary/aromatic N) is 1. The minimum Gasteiger partial charge on any atom is -0.396 e. The van der Waals surface area contributed by atoms with Gasteiger partial charge in [0.15, 0.2) is 0 Å². The SMILES string of the molecule is Cc1cc(C(=O)NCCC2c3ccccc3CCN2C(=O)c2ccc(F)c(N)c2)cc(=O)[nH]1. The molecule has 1 aromatic heterocycles. The first kappa shape index (κ1) is 22.3. The molecule has 0 bridgehead atoms. The van der Waals surface area contributed by atoms with Gasteiger partial charge in [-0.25, -0.2) is 4.39 Å². The third-order valence-corrected chi connectivity index (χ3v) is 5.86. The van der Waals surface area contributed by atoms with Gasteiger partial charge in [0.25, 0.3) is 11.8 Å². The highest BCUT2D eigenvalue weighted by molar-refractivity contribution is 5.96. The summed E-state index contributed by atoms with van der Waals surface area (Å²) < 4.78 is 13.6. The molecule has 7 nitrogen and oxygen atoms in total. The van der Waals surface area contributed by atoms with Gasteiger partial charge in [0.2, 0.25) is 5.56 Å². The molecule has 1 atom stereocenters. The molecule has 1 aliphatic rings. The van der Waals surface area contributed by atoms with E-state index in [0.29, 0.717) is 37.2 Å². The number of carbonyl (C=O) groups is 2. The number of rotatable bonds is 5. The molecular weight excluding hydrogens is 423 g/mol. The third kappa shape index (κ3) is 4.79. The lowest BCUT2D eigenvalue weighted by Crippen LogP contribution is -2.41. The number of nitrogens with one attached hydrogen (secondary N) is 2. The van der Waals surface area contributed by atoms with E-state index in [0.717, 1.165) is 11.1 Å². The Morgan fingerprint density at radius 1 is 1.15 bits per heavy atom. The van der Waals surface area contributed by atoms with Gasteiger partial charge in [0.05, 0.1) is 11.7 Å². The zero-order valence-corrected chi connectivity index (χ0v) is 18.2. The van der Waals surface area contributed by atoms with E-state index in [-0.39, 0.29) is 34.7 Å². The molecule has 0 spiro atoms. The Labute approximate surface area is 190 Å². The Hall–Kier alpha value is -3.94. The van der Waals surface area contributed by atoms with Crippen LogP contribution in [0.2, 0.25) is 0 Å². The second-order valence-corrected chi connectivity index (χ2v) is 8.16. The van der Waals surface area contributed by atoms with Crippen molar-refractivity contribution in [2.24, 2.45) is 0 Å². The predicted molar refractivity (Wildman–Crippen MR) is 123 cm³/mol. The topological polar surface area (TPSA) is 108 Å². The van der Waals surface area contributed by atoms with Gasteiger partial charge in [0.1, 0.15) is 5.82 Å². The lowest BCUT2D eigenvalue weighted by Gasteiger charge is -2.37. The van der Waals surface area contributed by atoms with Crippen molar-refractivity contribution in [3.05, 3.63) is 98.7 Å². The number of halogens is 1. The van der Waals surface area contributed by atoms with Gasteiger partial charge in [-0.1, -0.05) is 24.3 Å². The average molecular weight is 448 g/mol. The average Bonchev–Trinajstić information content (AvgIpc) is 2.79. The van der Waals surface area contributed by atoms with Gasteiger partial charge < -0.3 is 20.9 Å². The van der Waals surface area contributed by atoms with Crippen LogP contribution in [-0.2, 0) is 6.42 Å². The smallest absolute Gasteiger partial charge is 0.254 e. The highest BCUT2D eigenvalue weighted by Gasteiger charge is 2.31. The quantitative estimate of drug-likeness (QED) is 0.522. The number of hydrogen-bond acceptors (Lipinski definition) is 4. The maximum atomic E-state index is 13.6. The van der Waals surface area contributed by atoms with Crippen molar-refractivity contribution < 1.29 is 14.0 Å². The summed E-state index contributed by atoms with van der Waals surface area (Å²) >= 11 is 0. The van der Waals surface area contributed by atoms with Crippen molar-refractivity contribution in [2.75, 3.05) is 18.8 Å². The normalized spacial score (nSPS) is 15.1. The Kier molecular flexibility index (Phi) is 6.26. The molecule has 0 saturated carbocycles. The van der Waals surface area contributed by atoms with Crippen molar-refractivity contribution in [2.45, 2.75) is 25.8 Å². The molecule has 0 fully saturated rings. The van der Waals surface area contributed by atoms with Crippen LogP contribution in [0, 0.1) is 12.7 Å². The minimum absolute atomic E-state index is 0.0739. The molecule has 8 heteroatoms. The van der Waals surface area contributed by atoms with E-state index in [1.807, 2.05) is 24.3 Å². The molecule has 0 saturated heterocycles. The van der Waals surface area contributed by atoms with E-state index in [4.69, 9.17) is 5.73 Å². The second-order valence-electron chi connectivity index (χ2n) is 8.16. The van der Waals surface area contributed by atoms with Gasteiger partial charge in [0, 0.05) is 36.0 Å². The van der Waals surface area contributed by atoms with Crippen LogP contribution >= 0.6 is 0 Å². The van der Waals surface area contributed by atoms with Gasteiger partial charge in [-0.2, -0.15) is 0 Å². The van der Waals surface area contributed by atoms with E-state index in [1.54, 1.807) is 17.9 Å². The molecule has 0 aliphatic carbocycles. The van der Waals surface area contributed by atoms with Crippen LogP contribution < -0.4 is 16.6 Å². The molecule has 4 N–H and O–H groups in total. The third-order valence-electron chi connectivity index (χ3n) is 5.86. The van der Waals surface area contributed by atoms with Crippen molar-refractivity contribution in [3.8, 4) is 0 Å². The van der Waals surface area contributed by atoms with E-state index < -0.39 is 5.82 Å². The van der Waals surface area contributed by atoms with Crippen molar-refractivity contribution >= 4 is 17.5 Å². The lowest BCUT2D eigenvalue weighted by atomic mass is 9.90. The number of benzene rings is 2. The number of aromatic amines is 1. The summed E-state index contributed by atoms with van der Waals surface area (Å²) in [7, 11) is 0. The fraction of sp³-hybridized carbons (Fsp3) is 0.240. The van der Waals surface area contributed by atoms with Crippen molar-refractivity contribution in [1.82, 2.24) is 15.2 Å². The summed E-state index contributed by atoms with van der Waals surface area (Å²) in [6.45, 7) is 2.51. The summed E-state index contributed by atoms with van der Waals surface area (Å²) in [6, 6.07) is 14.5. The van der Waals surface area contributed by atoms with E-state index in [2.05, 4.69) is 10.3 Å². The Balaban J connectivity index is 1.54. The lowest BCUT2D eigenvalue weighted by molar-refractivity contribution is 0.0650. The number of fused-ring (bicyclic) bond motifs is 1. The maximum Gasteiger partial charge on any atom is 0.254 e. The number of hydrogen-bond donors (Lipinski definition) is 3. The van der Waals surface area contributed by atoms with Gasteiger partial charge in [-0.15, -0.1) is 0 Å². The van der Waals surface area contributed by atoms with Crippen LogP contribution in [0.1, 0.15) is 50.0 Å². The highest BCUT2D eigenvalue weighted by Crippen LogP contribution is 2.33. The largest absolute Gasteiger partial charge is 0.396 e. The molecule has 2 amide bonds. The van der Waals surface area contributed by atoms with Gasteiger partial charge >= 0.3 is 0 Å². The predicted octanol–water partition coefficient (Wildman–Crippen LogP) is 2.96. The fourth-order valence-electron chi connectivity index (χ4n) is 4.29. The number of nitrogens with two attached hydrogens (primary N) is 1. The number of aromatic nitrogens is 1. The summed E-state index contributed by atoms with van der Waals surface area (Å²) in [5.41, 5.74) is 8.65. The summed E-state index contributed by atoms with van der Waals surface area (Å²) in [6.07, 6.45) is 1.18. The first-order chi connectivity index (χ1) is 15.8. The number of nitrogen functional groups attached to an aromatic ring is 1. The van der Waals surface area contributed by atoms with Gasteiger partial charge in [-0.3, -0.25) is 14.4 Å². The second kappa shape index (κ2) is 9.28. The molecule has 2 heterocycles. The van der Waals surface area contributed by atoms with Crippen LogP contribution in [0.5, 0.6) is 0 Å². The molecule has 0 radical (unpaired) electrons. The highest BCUT2D eigenvalue weighted by atomic mass is 19.1. The van der Waals surface area contributed by atoms with Crippen LogP contribution in [0.3, 0.4) is 0 Å². The van der Waals surface area contributed by atoms with Crippen LogP contribution in [0.15, 0.2) is 59.4 Å². The standard InChI is InChI=1S/C25H25FN4O3/c1-15-12-18(14-23(31)29-15)24(32)28-10-8-22-19-5-3-2-4-16(19)9-11-30(22)25(33)17-6-7-20(26)21(27)13-17/h2-7,12-14,22H,8-11,27H2,1H3,(H,28,32)(H,29,31). The maximum absolute atomic E-state index is 13.6. The Morgan fingerprint density at radius 2 is 1.94 bits per heavy atom. The molecule has 33 heavy (non-hydrogen) atoms. The molecule has 3 aromatic rings. The minimum atomic E-state index is -0.565. The van der Waals surface area contributed by atoms with E-state index >= 15 is 0 Å². The summed E-state index contributed by atoms with van der Waals surface area (Å²) in [5.74, 6) is -1.15. The fourth-order valence-corrected chi connectivity index (χ4v) is 4.29. The molecular formula is C25H25FN4O3. The zero-order valence-electron chi connectivity index (χ0n) is 18.2. The Bertz CT molecular complexity index is 1270. The first-order valence-corrected chi connectivity index (χ1v) is 10.8. The van der Waals surface area contributed by atoms with Crippen LogP contribution in [-0.4, -0.2) is 34.8 Å². The van der Waals surface area contributed by atoms with Crippen LogP contribution in [0.4, 0.5) is 10.1 Å². The zero-order chi connectivity index (χ0) is 23.5. The Morgan fingerprint density at radius 3 is 2.70 bits per heavy atom. The van der Waals surface area contributed by atoms with Crippen molar-refractivity contribution in [3.63, 3.8) is 0 Å². The summed E-state index contributed by atoms with van der Waals surface area (Å²) in [4.78, 5) is 41.9. The number of carbonyl (C=O) groups excluding carboxylic acids is 2. The molecule has 1 unspecified atom stereocenters. The first-order valence-electron chi connectivity index (χ1n) is 10.8. The number of H-pyrrole nitrogens is 1. The molecule has 170 valence electrons. The van der Waals surface area contributed by atoms with Crippen molar-refractivity contribution in [1.29, 1.82) is 0 Å². The summed E-state index contributed by atoms with van der Waals surface area (Å²) in [5, 5.41) is 2.85. The van der Waals surface area contributed by atoms with E-state index in [1.165, 1.54) is 24.3 Å². The van der Waals surface area contributed by atoms with Gasteiger partial charge in [-0.05, 0) is 55.2 Å². The van der Waals surface area contributed by atoms with Crippen LogP contribution in [0.25, 0.3) is 0 Å². The van der Waals surface area contributed by atoms with E-state index in [9.17, 15) is 18.8 Å². The molecule has 2 aromatic carbocycles. The monoisotopic (exact) mass is 448 g/mol. The number of aryl methyl sites for hydroxylation is 1. The molecule has 4 rings (SSSR count). The molecule has 1 aliphatic heterocycles. The number of anilines is 1.